The number of benzene rings is 2. The van der Waals surface area contributed by atoms with Crippen LogP contribution in [-0.2, 0) is 14.8 Å². The maximum Gasteiger partial charge on any atom is 0.338 e. The summed E-state index contributed by atoms with van der Waals surface area (Å²) in [6.45, 7) is 3.96. The van der Waals surface area contributed by atoms with Crippen LogP contribution in [0, 0.1) is 0 Å². The quantitative estimate of drug-likeness (QED) is 0.676. The lowest BCUT2D eigenvalue weighted by Gasteiger charge is -2.14. The first kappa shape index (κ1) is 20.4. The van der Waals surface area contributed by atoms with Crippen molar-refractivity contribution in [1.29, 1.82) is 0 Å². The molecule has 26 heavy (non-hydrogen) atoms. The van der Waals surface area contributed by atoms with Crippen molar-refractivity contribution < 1.29 is 22.7 Å². The van der Waals surface area contributed by atoms with E-state index in [0.717, 1.165) is 0 Å². The van der Waals surface area contributed by atoms with E-state index < -0.39 is 16.0 Å². The number of nitrogens with one attached hydrogen (secondary N) is 1. The number of hydrogen-bond acceptors (Lipinski definition) is 5. The third-order valence-electron chi connectivity index (χ3n) is 3.24. The van der Waals surface area contributed by atoms with Crippen LogP contribution in [0.2, 0.25) is 10.0 Å². The minimum Gasteiger partial charge on any atom is -0.492 e. The molecule has 0 radical (unpaired) electrons. The Labute approximate surface area is 162 Å². The van der Waals surface area contributed by atoms with Gasteiger partial charge in [0, 0.05) is 0 Å². The van der Waals surface area contributed by atoms with Gasteiger partial charge in [-0.05, 0) is 50.2 Å². The van der Waals surface area contributed by atoms with Gasteiger partial charge in [-0.2, -0.15) is 0 Å². The first-order valence-corrected chi connectivity index (χ1v) is 9.94. The Morgan fingerprint density at radius 1 is 1.04 bits per heavy atom. The third kappa shape index (κ3) is 4.81. The highest BCUT2D eigenvalue weighted by Gasteiger charge is 2.19. The second-order valence-electron chi connectivity index (χ2n) is 5.05. The van der Waals surface area contributed by atoms with Crippen LogP contribution in [0.25, 0.3) is 0 Å². The zero-order chi connectivity index (χ0) is 19.3. The second-order valence-corrected chi connectivity index (χ2v) is 7.54. The predicted molar refractivity (Wildman–Crippen MR) is 101 cm³/mol. The summed E-state index contributed by atoms with van der Waals surface area (Å²) < 4.78 is 38.0. The molecule has 0 fully saturated rings. The number of carbonyl (C=O) groups excluding carboxylic acids is 1. The van der Waals surface area contributed by atoms with Crippen LogP contribution in [0.15, 0.2) is 41.3 Å². The van der Waals surface area contributed by atoms with Crippen molar-refractivity contribution in [3.05, 3.63) is 52.0 Å². The molecule has 2 aromatic rings. The maximum atomic E-state index is 12.6. The van der Waals surface area contributed by atoms with E-state index in [1.165, 1.54) is 36.4 Å². The van der Waals surface area contributed by atoms with Gasteiger partial charge in [0.15, 0.2) is 0 Å². The standard InChI is InChI=1S/C17H17Cl2NO5S/c1-3-24-16-9-11(17(21)25-4-2)5-8-15(16)20-26(22,23)12-6-7-13(18)14(19)10-12/h5-10,20H,3-4H2,1-2H3. The predicted octanol–water partition coefficient (Wildman–Crippen LogP) is 4.37. The number of esters is 1. The van der Waals surface area contributed by atoms with Crippen molar-refractivity contribution >= 4 is 44.9 Å². The molecule has 1 N–H and O–H groups in total. The highest BCUT2D eigenvalue weighted by Crippen LogP contribution is 2.30. The number of anilines is 1. The minimum atomic E-state index is -3.93. The first-order valence-electron chi connectivity index (χ1n) is 7.70. The van der Waals surface area contributed by atoms with E-state index in [9.17, 15) is 13.2 Å². The molecular weight excluding hydrogens is 401 g/mol. The van der Waals surface area contributed by atoms with Crippen molar-refractivity contribution in [3.63, 3.8) is 0 Å². The monoisotopic (exact) mass is 417 g/mol. The van der Waals surface area contributed by atoms with Crippen LogP contribution in [0.3, 0.4) is 0 Å². The van der Waals surface area contributed by atoms with Crippen LogP contribution in [0.1, 0.15) is 24.2 Å². The van der Waals surface area contributed by atoms with Gasteiger partial charge >= 0.3 is 5.97 Å². The van der Waals surface area contributed by atoms with Gasteiger partial charge < -0.3 is 9.47 Å². The van der Waals surface area contributed by atoms with Crippen LogP contribution in [0.4, 0.5) is 5.69 Å². The van der Waals surface area contributed by atoms with Gasteiger partial charge in [0.05, 0.1) is 39.4 Å². The molecule has 0 amide bonds. The van der Waals surface area contributed by atoms with Crippen LogP contribution in [-0.4, -0.2) is 27.6 Å². The third-order valence-corrected chi connectivity index (χ3v) is 5.34. The Kier molecular flexibility index (Phi) is 6.75. The number of sulfonamides is 1. The molecule has 0 aliphatic rings. The molecule has 2 rings (SSSR count). The number of ether oxygens (including phenoxy) is 2. The molecule has 9 heteroatoms. The lowest BCUT2D eigenvalue weighted by atomic mass is 10.2. The Balaban J connectivity index is 2.37. The molecule has 0 saturated carbocycles. The van der Waals surface area contributed by atoms with Gasteiger partial charge in [-0.25, -0.2) is 13.2 Å². The van der Waals surface area contributed by atoms with Crippen molar-refractivity contribution in [1.82, 2.24) is 0 Å². The highest BCUT2D eigenvalue weighted by atomic mass is 35.5. The topological polar surface area (TPSA) is 81.7 Å². The molecule has 0 atom stereocenters. The zero-order valence-corrected chi connectivity index (χ0v) is 16.4. The van der Waals surface area contributed by atoms with Crippen LogP contribution >= 0.6 is 23.2 Å². The Morgan fingerprint density at radius 3 is 2.38 bits per heavy atom. The largest absolute Gasteiger partial charge is 0.492 e. The van der Waals surface area contributed by atoms with E-state index in [0.29, 0.717) is 0 Å². The molecule has 0 unspecified atom stereocenters. The first-order chi connectivity index (χ1) is 12.3. The average molecular weight is 418 g/mol. The van der Waals surface area contributed by atoms with Gasteiger partial charge in [0.1, 0.15) is 5.75 Å². The normalized spacial score (nSPS) is 11.1. The van der Waals surface area contributed by atoms with Crippen molar-refractivity contribution in [3.8, 4) is 5.75 Å². The summed E-state index contributed by atoms with van der Waals surface area (Å²) in [7, 11) is -3.93. The summed E-state index contributed by atoms with van der Waals surface area (Å²) in [5.74, 6) is -0.311. The summed E-state index contributed by atoms with van der Waals surface area (Å²) in [6, 6.07) is 8.29. The molecule has 0 aromatic heterocycles. The maximum absolute atomic E-state index is 12.6. The second kappa shape index (κ2) is 8.62. The van der Waals surface area contributed by atoms with E-state index in [2.05, 4.69) is 4.72 Å². The molecule has 0 aliphatic heterocycles. The molecular formula is C17H17Cl2NO5S. The summed E-state index contributed by atoms with van der Waals surface area (Å²) in [4.78, 5) is 11.8. The minimum absolute atomic E-state index is 0.0520. The fraction of sp³-hybridized carbons (Fsp3) is 0.235. The summed E-state index contributed by atoms with van der Waals surface area (Å²) in [5.41, 5.74) is 0.443. The highest BCUT2D eigenvalue weighted by molar-refractivity contribution is 7.92. The molecule has 0 bridgehead atoms. The van der Waals surface area contributed by atoms with Crippen LogP contribution in [0.5, 0.6) is 5.75 Å². The van der Waals surface area contributed by atoms with E-state index in [4.69, 9.17) is 32.7 Å². The van der Waals surface area contributed by atoms with Gasteiger partial charge in [0.25, 0.3) is 10.0 Å². The lowest BCUT2D eigenvalue weighted by molar-refractivity contribution is 0.0526. The molecule has 0 aliphatic carbocycles. The lowest BCUT2D eigenvalue weighted by Crippen LogP contribution is -2.14. The molecule has 0 saturated heterocycles. The van der Waals surface area contributed by atoms with Gasteiger partial charge in [0.2, 0.25) is 0 Å². The smallest absolute Gasteiger partial charge is 0.338 e. The fourth-order valence-corrected chi connectivity index (χ4v) is 3.53. The molecule has 140 valence electrons. The zero-order valence-electron chi connectivity index (χ0n) is 14.1. The van der Waals surface area contributed by atoms with E-state index >= 15 is 0 Å². The summed E-state index contributed by atoms with van der Waals surface area (Å²) >= 11 is 11.7. The van der Waals surface area contributed by atoms with Gasteiger partial charge in [-0.3, -0.25) is 4.72 Å². The van der Waals surface area contributed by atoms with Crippen molar-refractivity contribution in [2.24, 2.45) is 0 Å². The fourth-order valence-electron chi connectivity index (χ4n) is 2.07. The van der Waals surface area contributed by atoms with E-state index in [1.807, 2.05) is 0 Å². The molecule has 0 spiro atoms. The molecule has 2 aromatic carbocycles. The SMILES string of the molecule is CCOC(=O)c1ccc(NS(=O)(=O)c2ccc(Cl)c(Cl)c2)c(OCC)c1. The van der Waals surface area contributed by atoms with E-state index in [-0.39, 0.29) is 45.2 Å². The average Bonchev–Trinajstić information content (AvgIpc) is 2.59. The molecule has 6 nitrogen and oxygen atoms in total. The van der Waals surface area contributed by atoms with Gasteiger partial charge in [-0.1, -0.05) is 23.2 Å². The Hall–Kier alpha value is -1.96. The van der Waals surface area contributed by atoms with Crippen LogP contribution < -0.4 is 9.46 Å². The number of hydrogen-bond donors (Lipinski definition) is 1. The number of carbonyl (C=O) groups is 1. The summed E-state index contributed by atoms with van der Waals surface area (Å²) in [6.07, 6.45) is 0. The van der Waals surface area contributed by atoms with Crippen molar-refractivity contribution in [2.45, 2.75) is 18.7 Å². The Bertz CT molecular complexity index is 915. The number of rotatable bonds is 7. The number of halogens is 2. The van der Waals surface area contributed by atoms with Gasteiger partial charge in [-0.15, -0.1) is 0 Å². The van der Waals surface area contributed by atoms with E-state index in [1.54, 1.807) is 13.8 Å². The Morgan fingerprint density at radius 2 is 1.77 bits per heavy atom. The molecule has 0 heterocycles. The summed E-state index contributed by atoms with van der Waals surface area (Å²) in [5, 5.41) is 0.372. The van der Waals surface area contributed by atoms with Crippen molar-refractivity contribution in [2.75, 3.05) is 17.9 Å².